The number of anilines is 1. The number of amides is 1. The van der Waals surface area contributed by atoms with Crippen molar-refractivity contribution in [3.63, 3.8) is 0 Å². The normalized spacial score (nSPS) is 10.5. The maximum absolute atomic E-state index is 12.0. The molecule has 1 N–H and O–H groups in total. The summed E-state index contributed by atoms with van der Waals surface area (Å²) in [6.07, 6.45) is 0. The monoisotopic (exact) mass is 457 g/mol. The van der Waals surface area contributed by atoms with Crippen LogP contribution in [-0.4, -0.2) is 22.7 Å². The third kappa shape index (κ3) is 4.92. The Morgan fingerprint density at radius 1 is 1.16 bits per heavy atom. The van der Waals surface area contributed by atoms with E-state index < -0.39 is 0 Å². The van der Waals surface area contributed by atoms with Gasteiger partial charge in [0.2, 0.25) is 5.13 Å². The fourth-order valence-corrected chi connectivity index (χ4v) is 3.37. The van der Waals surface area contributed by atoms with E-state index in [4.69, 9.17) is 27.9 Å². The van der Waals surface area contributed by atoms with Crippen molar-refractivity contribution < 1.29 is 9.53 Å². The Kier molecular flexibility index (Phi) is 5.90. The summed E-state index contributed by atoms with van der Waals surface area (Å²) in [6.45, 7) is -0.200. The molecule has 0 aliphatic heterocycles. The lowest BCUT2D eigenvalue weighted by Crippen LogP contribution is -2.20. The summed E-state index contributed by atoms with van der Waals surface area (Å²) in [6, 6.07) is 12.5. The minimum atomic E-state index is -0.357. The molecule has 1 aromatic heterocycles. The highest BCUT2D eigenvalue weighted by molar-refractivity contribution is 9.10. The number of benzene rings is 2. The van der Waals surface area contributed by atoms with E-state index in [-0.39, 0.29) is 12.5 Å². The molecule has 25 heavy (non-hydrogen) atoms. The van der Waals surface area contributed by atoms with Crippen LogP contribution in [0.5, 0.6) is 5.75 Å². The second-order valence-electron chi connectivity index (χ2n) is 4.83. The maximum Gasteiger partial charge on any atom is 0.264 e. The Morgan fingerprint density at radius 2 is 1.92 bits per heavy atom. The molecular weight excluding hydrogens is 449 g/mol. The highest BCUT2D eigenvalue weighted by atomic mass is 79.9. The number of hydrogen-bond acceptors (Lipinski definition) is 5. The van der Waals surface area contributed by atoms with Crippen LogP contribution in [0.1, 0.15) is 0 Å². The van der Waals surface area contributed by atoms with E-state index in [1.807, 2.05) is 24.3 Å². The zero-order valence-electron chi connectivity index (χ0n) is 12.5. The summed E-state index contributed by atoms with van der Waals surface area (Å²) in [5.41, 5.74) is 0.922. The number of rotatable bonds is 5. The summed E-state index contributed by atoms with van der Waals surface area (Å²) in [4.78, 5) is 12.0. The first kappa shape index (κ1) is 18.1. The molecule has 0 unspecified atom stereocenters. The minimum Gasteiger partial charge on any atom is -0.482 e. The average molecular weight is 459 g/mol. The first-order chi connectivity index (χ1) is 12.0. The van der Waals surface area contributed by atoms with E-state index >= 15 is 0 Å². The van der Waals surface area contributed by atoms with Crippen LogP contribution in [-0.2, 0) is 4.79 Å². The van der Waals surface area contributed by atoms with Gasteiger partial charge in [-0.3, -0.25) is 10.1 Å². The van der Waals surface area contributed by atoms with Crippen molar-refractivity contribution in [2.75, 3.05) is 11.9 Å². The molecule has 2 aromatic carbocycles. The number of nitrogens with zero attached hydrogens (tertiary/aromatic N) is 2. The average Bonchev–Trinajstić information content (AvgIpc) is 3.03. The van der Waals surface area contributed by atoms with Gasteiger partial charge in [-0.2, -0.15) is 0 Å². The Balaban J connectivity index is 1.59. The molecule has 1 amide bonds. The summed E-state index contributed by atoms with van der Waals surface area (Å²) in [5, 5.41) is 12.6. The van der Waals surface area contributed by atoms with Crippen LogP contribution in [0.2, 0.25) is 10.0 Å². The lowest BCUT2D eigenvalue weighted by molar-refractivity contribution is -0.118. The molecular formula is C16H10BrCl2N3O2S. The van der Waals surface area contributed by atoms with Gasteiger partial charge in [0.15, 0.2) is 6.61 Å². The van der Waals surface area contributed by atoms with Crippen LogP contribution in [0.15, 0.2) is 46.9 Å². The first-order valence-electron chi connectivity index (χ1n) is 6.98. The van der Waals surface area contributed by atoms with Crippen molar-refractivity contribution in [1.29, 1.82) is 0 Å². The van der Waals surface area contributed by atoms with Gasteiger partial charge < -0.3 is 4.74 Å². The SMILES string of the molecule is O=C(COc1ccc(Cl)cc1Cl)Nc1nnc(-c2ccc(Br)cc2)s1. The van der Waals surface area contributed by atoms with Crippen molar-refractivity contribution in [3.05, 3.63) is 57.0 Å². The molecule has 5 nitrogen and oxygen atoms in total. The van der Waals surface area contributed by atoms with Crippen LogP contribution in [0.3, 0.4) is 0 Å². The number of hydrogen-bond donors (Lipinski definition) is 1. The van der Waals surface area contributed by atoms with E-state index in [0.717, 1.165) is 10.0 Å². The Morgan fingerprint density at radius 3 is 2.64 bits per heavy atom. The van der Waals surface area contributed by atoms with Crippen LogP contribution in [0.25, 0.3) is 10.6 Å². The summed E-state index contributed by atoms with van der Waals surface area (Å²) in [5.74, 6) is 0.0264. The van der Waals surface area contributed by atoms with Crippen molar-refractivity contribution in [1.82, 2.24) is 10.2 Å². The smallest absolute Gasteiger partial charge is 0.264 e. The van der Waals surface area contributed by atoms with Gasteiger partial charge in [0, 0.05) is 15.1 Å². The van der Waals surface area contributed by atoms with E-state index in [1.54, 1.807) is 18.2 Å². The summed E-state index contributed by atoms with van der Waals surface area (Å²) >= 11 is 16.5. The van der Waals surface area contributed by atoms with Gasteiger partial charge in [-0.05, 0) is 30.3 Å². The second kappa shape index (κ2) is 8.14. The van der Waals surface area contributed by atoms with Crippen LogP contribution in [0, 0.1) is 0 Å². The molecule has 3 rings (SSSR count). The molecule has 0 aliphatic carbocycles. The van der Waals surface area contributed by atoms with Crippen molar-refractivity contribution >= 4 is 61.5 Å². The topological polar surface area (TPSA) is 64.1 Å². The zero-order valence-corrected chi connectivity index (χ0v) is 16.4. The van der Waals surface area contributed by atoms with E-state index in [1.165, 1.54) is 11.3 Å². The first-order valence-corrected chi connectivity index (χ1v) is 9.35. The van der Waals surface area contributed by atoms with Gasteiger partial charge in [0.1, 0.15) is 10.8 Å². The van der Waals surface area contributed by atoms with Crippen molar-refractivity contribution in [2.45, 2.75) is 0 Å². The number of carbonyl (C=O) groups excluding carboxylic acids is 1. The maximum atomic E-state index is 12.0. The molecule has 9 heteroatoms. The van der Waals surface area contributed by atoms with Crippen LogP contribution >= 0.6 is 50.5 Å². The highest BCUT2D eigenvalue weighted by Gasteiger charge is 2.11. The molecule has 0 bridgehead atoms. The molecule has 0 saturated carbocycles. The summed E-state index contributed by atoms with van der Waals surface area (Å²) < 4.78 is 6.36. The van der Waals surface area contributed by atoms with Gasteiger partial charge in [-0.1, -0.05) is 62.6 Å². The largest absolute Gasteiger partial charge is 0.482 e. The zero-order chi connectivity index (χ0) is 17.8. The van der Waals surface area contributed by atoms with E-state index in [9.17, 15) is 4.79 Å². The number of aromatic nitrogens is 2. The predicted octanol–water partition coefficient (Wildman–Crippen LogP) is 5.29. The molecule has 0 fully saturated rings. The van der Waals surface area contributed by atoms with Gasteiger partial charge >= 0.3 is 0 Å². The molecule has 0 spiro atoms. The van der Waals surface area contributed by atoms with Gasteiger partial charge in [0.05, 0.1) is 5.02 Å². The molecule has 3 aromatic rings. The third-order valence-electron chi connectivity index (χ3n) is 3.02. The fraction of sp³-hybridized carbons (Fsp3) is 0.0625. The van der Waals surface area contributed by atoms with Crippen molar-refractivity contribution in [2.24, 2.45) is 0 Å². The Labute approximate surface area is 166 Å². The molecule has 1 heterocycles. The molecule has 0 aliphatic rings. The lowest BCUT2D eigenvalue weighted by Gasteiger charge is -2.07. The van der Waals surface area contributed by atoms with Gasteiger partial charge in [0.25, 0.3) is 5.91 Å². The third-order valence-corrected chi connectivity index (χ3v) is 4.96. The van der Waals surface area contributed by atoms with Crippen LogP contribution in [0.4, 0.5) is 5.13 Å². The van der Waals surface area contributed by atoms with Crippen LogP contribution < -0.4 is 10.1 Å². The summed E-state index contributed by atoms with van der Waals surface area (Å²) in [7, 11) is 0. The van der Waals surface area contributed by atoms with Gasteiger partial charge in [-0.15, -0.1) is 10.2 Å². The predicted molar refractivity (Wildman–Crippen MR) is 104 cm³/mol. The number of carbonyl (C=O) groups is 1. The van der Waals surface area contributed by atoms with Crippen molar-refractivity contribution in [3.8, 4) is 16.3 Å². The number of halogens is 3. The number of nitrogens with one attached hydrogen (secondary N) is 1. The molecule has 0 saturated heterocycles. The molecule has 128 valence electrons. The minimum absolute atomic E-state index is 0.200. The lowest BCUT2D eigenvalue weighted by atomic mass is 10.2. The van der Waals surface area contributed by atoms with E-state index in [0.29, 0.717) is 25.9 Å². The fourth-order valence-electron chi connectivity index (χ4n) is 1.87. The molecule has 0 radical (unpaired) electrons. The standard InChI is InChI=1S/C16H10BrCl2N3O2S/c17-10-3-1-9(2-4-10)15-21-22-16(25-15)20-14(23)8-24-13-6-5-11(18)7-12(13)19/h1-7H,8H2,(H,20,22,23). The van der Waals surface area contributed by atoms with Gasteiger partial charge in [-0.25, -0.2) is 0 Å². The van der Waals surface area contributed by atoms with E-state index in [2.05, 4.69) is 31.4 Å². The number of ether oxygens (including phenoxy) is 1. The second-order valence-corrected chi connectivity index (χ2v) is 7.57. The quantitative estimate of drug-likeness (QED) is 0.563. The Bertz CT molecular complexity index is 903. The molecule has 0 atom stereocenters. The highest BCUT2D eigenvalue weighted by Crippen LogP contribution is 2.28. The Hall–Kier alpha value is -1.67.